The summed E-state index contributed by atoms with van der Waals surface area (Å²) in [6.07, 6.45) is 2.19. The van der Waals surface area contributed by atoms with Crippen LogP contribution < -0.4 is 5.32 Å². The lowest BCUT2D eigenvalue weighted by Gasteiger charge is -2.00. The highest BCUT2D eigenvalue weighted by Gasteiger charge is 2.23. The molecule has 1 unspecified atom stereocenters. The molecule has 0 aliphatic carbocycles. The van der Waals surface area contributed by atoms with Gasteiger partial charge in [0.05, 0.1) is 6.04 Å². The van der Waals surface area contributed by atoms with Crippen LogP contribution in [0.1, 0.15) is 24.8 Å². The predicted molar refractivity (Wildman–Crippen MR) is 59.7 cm³/mol. The maximum Gasteiger partial charge on any atom is 0.244 e. The lowest BCUT2D eigenvalue weighted by atomic mass is 10.2. The average molecular weight is 284 g/mol. The first kappa shape index (κ1) is 10.0. The van der Waals surface area contributed by atoms with Gasteiger partial charge in [-0.2, -0.15) is 4.98 Å². The van der Waals surface area contributed by atoms with Gasteiger partial charge in [-0.1, -0.05) is 5.16 Å². The quantitative estimate of drug-likeness (QED) is 0.918. The topological polar surface area (TPSA) is 64.1 Å². The molecule has 1 N–H and O–H groups in total. The number of halogens is 1. The van der Waals surface area contributed by atoms with Crippen LogP contribution in [0.5, 0.6) is 0 Å². The van der Waals surface area contributed by atoms with Crippen LogP contribution in [-0.4, -0.2) is 16.7 Å². The largest absolute Gasteiger partial charge is 0.446 e. The smallest absolute Gasteiger partial charge is 0.244 e. The minimum atomic E-state index is 0.194. The molecule has 0 amide bonds. The fourth-order valence-electron chi connectivity index (χ4n) is 1.81. The lowest BCUT2D eigenvalue weighted by Crippen LogP contribution is -2.12. The van der Waals surface area contributed by atoms with E-state index in [0.717, 1.165) is 19.4 Å². The number of nitrogens with one attached hydrogen (secondary N) is 1. The van der Waals surface area contributed by atoms with Crippen molar-refractivity contribution >= 4 is 15.9 Å². The van der Waals surface area contributed by atoms with Crippen molar-refractivity contribution in [3.63, 3.8) is 0 Å². The monoisotopic (exact) mass is 283 g/mol. The van der Waals surface area contributed by atoms with E-state index in [1.165, 1.54) is 0 Å². The first-order valence-electron chi connectivity index (χ1n) is 5.15. The van der Waals surface area contributed by atoms with Crippen LogP contribution in [0.15, 0.2) is 25.7 Å². The zero-order chi connectivity index (χ0) is 11.0. The van der Waals surface area contributed by atoms with Crippen LogP contribution in [-0.2, 0) is 0 Å². The fraction of sp³-hybridized carbons (Fsp3) is 0.400. The summed E-state index contributed by atoms with van der Waals surface area (Å²) in [6.45, 7) is 1.01. The van der Waals surface area contributed by atoms with E-state index >= 15 is 0 Å². The summed E-state index contributed by atoms with van der Waals surface area (Å²) in [6, 6.07) is 3.81. The highest BCUT2D eigenvalue weighted by Crippen LogP contribution is 2.26. The molecule has 3 rings (SSSR count). The molecule has 1 saturated heterocycles. The molecule has 3 heterocycles. The highest BCUT2D eigenvalue weighted by atomic mass is 79.9. The first-order valence-corrected chi connectivity index (χ1v) is 5.95. The number of nitrogens with zero attached hydrogens (tertiary/aromatic N) is 2. The number of hydrogen-bond donors (Lipinski definition) is 1. The summed E-state index contributed by atoms with van der Waals surface area (Å²) in [4.78, 5) is 4.32. The molecular weight excluding hydrogens is 274 g/mol. The summed E-state index contributed by atoms with van der Waals surface area (Å²) in [5, 5.41) is 7.21. The number of hydrogen-bond acceptors (Lipinski definition) is 5. The van der Waals surface area contributed by atoms with E-state index in [4.69, 9.17) is 8.94 Å². The van der Waals surface area contributed by atoms with Crippen LogP contribution in [0.2, 0.25) is 0 Å². The van der Waals surface area contributed by atoms with Crippen molar-refractivity contribution < 1.29 is 8.94 Å². The van der Waals surface area contributed by atoms with Crippen molar-refractivity contribution in [2.24, 2.45) is 0 Å². The van der Waals surface area contributed by atoms with E-state index in [0.29, 0.717) is 22.1 Å². The fourth-order valence-corrected chi connectivity index (χ4v) is 2.11. The molecule has 1 fully saturated rings. The maximum absolute atomic E-state index is 5.36. The number of rotatable bonds is 2. The molecule has 0 bridgehead atoms. The van der Waals surface area contributed by atoms with Crippen LogP contribution in [0.4, 0.5) is 0 Å². The van der Waals surface area contributed by atoms with Crippen molar-refractivity contribution in [2.75, 3.05) is 6.54 Å². The maximum atomic E-state index is 5.36. The number of aromatic nitrogens is 2. The van der Waals surface area contributed by atoms with Crippen molar-refractivity contribution in [3.05, 3.63) is 22.7 Å². The van der Waals surface area contributed by atoms with E-state index in [2.05, 4.69) is 31.4 Å². The molecule has 0 aromatic carbocycles. The molecule has 2 aromatic rings. The zero-order valence-corrected chi connectivity index (χ0v) is 10.0. The van der Waals surface area contributed by atoms with Crippen LogP contribution in [0.25, 0.3) is 11.6 Å². The van der Waals surface area contributed by atoms with Gasteiger partial charge in [-0.05, 0) is 47.4 Å². The van der Waals surface area contributed by atoms with Crippen molar-refractivity contribution in [2.45, 2.75) is 18.9 Å². The molecule has 1 aliphatic rings. The summed E-state index contributed by atoms with van der Waals surface area (Å²) in [5.41, 5.74) is 0. The van der Waals surface area contributed by atoms with Crippen LogP contribution in [0, 0.1) is 0 Å². The second-order valence-electron chi connectivity index (χ2n) is 3.71. The summed E-state index contributed by atoms with van der Waals surface area (Å²) in [5.74, 6) is 1.74. The molecule has 2 aromatic heterocycles. The van der Waals surface area contributed by atoms with E-state index in [1.54, 1.807) is 12.1 Å². The van der Waals surface area contributed by atoms with E-state index in [9.17, 15) is 0 Å². The third kappa shape index (κ3) is 1.78. The van der Waals surface area contributed by atoms with Crippen molar-refractivity contribution in [1.82, 2.24) is 15.5 Å². The molecule has 0 saturated carbocycles. The molecule has 5 nitrogen and oxygen atoms in total. The van der Waals surface area contributed by atoms with Crippen LogP contribution >= 0.6 is 15.9 Å². The van der Waals surface area contributed by atoms with Gasteiger partial charge in [-0.15, -0.1) is 0 Å². The Morgan fingerprint density at radius 1 is 1.44 bits per heavy atom. The van der Waals surface area contributed by atoms with Gasteiger partial charge in [-0.3, -0.25) is 0 Å². The minimum absolute atomic E-state index is 0.194. The van der Waals surface area contributed by atoms with E-state index in [1.807, 2.05) is 0 Å². The summed E-state index contributed by atoms with van der Waals surface area (Å²) >= 11 is 3.24. The Hall–Kier alpha value is -1.14. The van der Waals surface area contributed by atoms with Gasteiger partial charge in [-0.25, -0.2) is 0 Å². The third-order valence-corrected chi connectivity index (χ3v) is 3.02. The Labute approximate surface area is 100 Å². The van der Waals surface area contributed by atoms with Crippen molar-refractivity contribution in [3.8, 4) is 11.6 Å². The van der Waals surface area contributed by atoms with Gasteiger partial charge in [0.2, 0.25) is 11.7 Å². The molecule has 6 heteroatoms. The predicted octanol–water partition coefficient (Wildman–Crippen LogP) is 2.52. The Bertz CT molecular complexity index is 488. The van der Waals surface area contributed by atoms with Crippen LogP contribution in [0.3, 0.4) is 0 Å². The molecule has 84 valence electrons. The molecule has 1 aliphatic heterocycles. The highest BCUT2D eigenvalue weighted by molar-refractivity contribution is 9.10. The molecule has 0 radical (unpaired) electrons. The number of furan rings is 1. The van der Waals surface area contributed by atoms with Gasteiger partial charge in [0.1, 0.15) is 0 Å². The first-order chi connectivity index (χ1) is 7.83. The van der Waals surface area contributed by atoms with E-state index < -0.39 is 0 Å². The standard InChI is InChI=1S/C10H10BrN3O2/c11-8-4-3-7(15-8)9-13-10(16-14-9)6-2-1-5-12-6/h3-4,6,12H,1-2,5H2. The lowest BCUT2D eigenvalue weighted by molar-refractivity contribution is 0.344. The molecule has 1 atom stereocenters. The molecular formula is C10H10BrN3O2. The van der Waals surface area contributed by atoms with Crippen molar-refractivity contribution in [1.29, 1.82) is 0 Å². The Balaban J connectivity index is 1.87. The normalized spacial score (nSPS) is 20.4. The SMILES string of the molecule is Brc1ccc(-c2noc(C3CCCN3)n2)o1. The van der Waals surface area contributed by atoms with E-state index in [-0.39, 0.29) is 6.04 Å². The average Bonchev–Trinajstić information content (AvgIpc) is 2.97. The van der Waals surface area contributed by atoms with Gasteiger partial charge in [0.25, 0.3) is 0 Å². The Morgan fingerprint density at radius 2 is 2.38 bits per heavy atom. The van der Waals surface area contributed by atoms with Gasteiger partial charge in [0, 0.05) is 0 Å². The van der Waals surface area contributed by atoms with Gasteiger partial charge < -0.3 is 14.3 Å². The van der Waals surface area contributed by atoms with Gasteiger partial charge in [0.15, 0.2) is 10.4 Å². The molecule has 16 heavy (non-hydrogen) atoms. The Kier molecular flexibility index (Phi) is 2.53. The second kappa shape index (κ2) is 4.03. The summed E-state index contributed by atoms with van der Waals surface area (Å²) < 4.78 is 11.2. The zero-order valence-electron chi connectivity index (χ0n) is 8.44. The second-order valence-corrected chi connectivity index (χ2v) is 4.49. The third-order valence-electron chi connectivity index (χ3n) is 2.59. The molecule has 0 spiro atoms. The van der Waals surface area contributed by atoms with Gasteiger partial charge >= 0.3 is 0 Å². The summed E-state index contributed by atoms with van der Waals surface area (Å²) in [7, 11) is 0. The Morgan fingerprint density at radius 3 is 3.06 bits per heavy atom. The minimum Gasteiger partial charge on any atom is -0.446 e.